The highest BCUT2D eigenvalue weighted by Crippen LogP contribution is 2.17. The molecule has 0 saturated carbocycles. The molecule has 1 aliphatic heterocycles. The first-order valence-electron chi connectivity index (χ1n) is 7.90. The number of nitrogens with one attached hydrogen (secondary N) is 1. The van der Waals surface area contributed by atoms with E-state index in [1.807, 2.05) is 18.2 Å². The standard InChI is InChI=1S/C17H24N2O3S/c1-22-17(21)19-9-7-14(8-10-19)11-18-16(20)13-23-12-15-5-3-2-4-6-15/h2-6,14H,7-13H2,1H3,(H,18,20). The normalized spacial score (nSPS) is 15.3. The van der Waals surface area contributed by atoms with Crippen LogP contribution in [0.15, 0.2) is 30.3 Å². The molecule has 1 saturated heterocycles. The highest BCUT2D eigenvalue weighted by molar-refractivity contribution is 7.99. The van der Waals surface area contributed by atoms with Crippen molar-refractivity contribution in [1.82, 2.24) is 10.2 Å². The summed E-state index contributed by atoms with van der Waals surface area (Å²) in [4.78, 5) is 25.0. The number of thioether (sulfide) groups is 1. The van der Waals surface area contributed by atoms with Gasteiger partial charge in [-0.2, -0.15) is 0 Å². The van der Waals surface area contributed by atoms with Gasteiger partial charge in [0, 0.05) is 25.4 Å². The van der Waals surface area contributed by atoms with Crippen LogP contribution in [-0.4, -0.2) is 49.4 Å². The van der Waals surface area contributed by atoms with Gasteiger partial charge in [0.15, 0.2) is 0 Å². The van der Waals surface area contributed by atoms with Gasteiger partial charge in [-0.05, 0) is 24.3 Å². The number of benzene rings is 1. The molecule has 2 amide bonds. The van der Waals surface area contributed by atoms with Crippen LogP contribution in [0, 0.1) is 5.92 Å². The molecule has 6 heteroatoms. The molecule has 2 rings (SSSR count). The van der Waals surface area contributed by atoms with Gasteiger partial charge in [0.2, 0.25) is 5.91 Å². The number of methoxy groups -OCH3 is 1. The quantitative estimate of drug-likeness (QED) is 0.867. The second kappa shape index (κ2) is 9.45. The maximum absolute atomic E-state index is 11.9. The highest BCUT2D eigenvalue weighted by Gasteiger charge is 2.23. The zero-order valence-corrected chi connectivity index (χ0v) is 14.3. The second-order valence-electron chi connectivity index (χ2n) is 5.68. The molecule has 0 bridgehead atoms. The van der Waals surface area contributed by atoms with E-state index in [1.165, 1.54) is 12.7 Å². The largest absolute Gasteiger partial charge is 0.453 e. The van der Waals surface area contributed by atoms with Gasteiger partial charge in [-0.1, -0.05) is 30.3 Å². The van der Waals surface area contributed by atoms with Crippen molar-refractivity contribution in [2.75, 3.05) is 32.5 Å². The number of ether oxygens (including phenoxy) is 1. The van der Waals surface area contributed by atoms with Crippen LogP contribution < -0.4 is 5.32 Å². The van der Waals surface area contributed by atoms with E-state index in [-0.39, 0.29) is 12.0 Å². The maximum atomic E-state index is 11.9. The Kier molecular flexibility index (Phi) is 7.26. The van der Waals surface area contributed by atoms with Gasteiger partial charge in [-0.15, -0.1) is 11.8 Å². The van der Waals surface area contributed by atoms with E-state index in [0.29, 0.717) is 31.3 Å². The minimum absolute atomic E-state index is 0.0846. The van der Waals surface area contributed by atoms with Crippen LogP contribution in [-0.2, 0) is 15.3 Å². The first-order chi connectivity index (χ1) is 11.2. The molecule has 1 N–H and O–H groups in total. The van der Waals surface area contributed by atoms with Crippen LogP contribution in [0.4, 0.5) is 4.79 Å². The first-order valence-corrected chi connectivity index (χ1v) is 9.05. The van der Waals surface area contributed by atoms with Crippen molar-refractivity contribution >= 4 is 23.8 Å². The fraction of sp³-hybridized carbons (Fsp3) is 0.529. The summed E-state index contributed by atoms with van der Waals surface area (Å²) >= 11 is 1.63. The predicted molar refractivity (Wildman–Crippen MR) is 92.3 cm³/mol. The van der Waals surface area contributed by atoms with Gasteiger partial charge in [-0.3, -0.25) is 4.79 Å². The van der Waals surface area contributed by atoms with E-state index in [0.717, 1.165) is 18.6 Å². The fourth-order valence-electron chi connectivity index (χ4n) is 2.59. The van der Waals surface area contributed by atoms with Crippen LogP contribution in [0.5, 0.6) is 0 Å². The number of hydrogen-bond donors (Lipinski definition) is 1. The van der Waals surface area contributed by atoms with Crippen molar-refractivity contribution in [3.63, 3.8) is 0 Å². The minimum Gasteiger partial charge on any atom is -0.453 e. The molecule has 0 unspecified atom stereocenters. The fourth-order valence-corrected chi connectivity index (χ4v) is 3.41. The average molecular weight is 336 g/mol. The topological polar surface area (TPSA) is 58.6 Å². The van der Waals surface area contributed by atoms with Gasteiger partial charge in [0.1, 0.15) is 0 Å². The summed E-state index contributed by atoms with van der Waals surface area (Å²) in [5.74, 6) is 1.86. The van der Waals surface area contributed by atoms with Crippen LogP contribution in [0.2, 0.25) is 0 Å². The molecule has 5 nitrogen and oxygen atoms in total. The predicted octanol–water partition coefficient (Wildman–Crippen LogP) is 2.51. The molecular weight excluding hydrogens is 312 g/mol. The van der Waals surface area contributed by atoms with Crippen LogP contribution >= 0.6 is 11.8 Å². The molecular formula is C17H24N2O3S. The first kappa shape index (κ1) is 17.7. The Balaban J connectivity index is 1.57. The molecule has 1 aromatic carbocycles. The van der Waals surface area contributed by atoms with Crippen LogP contribution in [0.1, 0.15) is 18.4 Å². The van der Waals surface area contributed by atoms with E-state index in [2.05, 4.69) is 17.4 Å². The number of amides is 2. The number of carbonyl (C=O) groups is 2. The number of likely N-dealkylation sites (tertiary alicyclic amines) is 1. The van der Waals surface area contributed by atoms with E-state index in [4.69, 9.17) is 4.74 Å². The molecule has 1 aliphatic rings. The van der Waals surface area contributed by atoms with E-state index in [9.17, 15) is 9.59 Å². The highest BCUT2D eigenvalue weighted by atomic mass is 32.2. The van der Waals surface area contributed by atoms with Gasteiger partial charge in [0.05, 0.1) is 12.9 Å². The lowest BCUT2D eigenvalue weighted by atomic mass is 9.97. The Bertz CT molecular complexity index is 502. The van der Waals surface area contributed by atoms with E-state index < -0.39 is 0 Å². The molecule has 126 valence electrons. The summed E-state index contributed by atoms with van der Waals surface area (Å²) < 4.78 is 4.72. The molecule has 23 heavy (non-hydrogen) atoms. The van der Waals surface area contributed by atoms with Crippen LogP contribution in [0.3, 0.4) is 0 Å². The van der Waals surface area contributed by atoms with Crippen molar-refractivity contribution in [1.29, 1.82) is 0 Å². The van der Waals surface area contributed by atoms with Crippen molar-refractivity contribution in [2.45, 2.75) is 18.6 Å². The average Bonchev–Trinajstić information content (AvgIpc) is 2.60. The zero-order valence-electron chi connectivity index (χ0n) is 13.5. The summed E-state index contributed by atoms with van der Waals surface area (Å²) in [5.41, 5.74) is 1.24. The Morgan fingerprint density at radius 2 is 1.96 bits per heavy atom. The Morgan fingerprint density at radius 1 is 1.26 bits per heavy atom. The smallest absolute Gasteiger partial charge is 0.409 e. The summed E-state index contributed by atoms with van der Waals surface area (Å²) in [6.07, 6.45) is 1.56. The number of rotatable bonds is 6. The Hall–Kier alpha value is -1.69. The number of nitrogens with zero attached hydrogens (tertiary/aromatic N) is 1. The SMILES string of the molecule is COC(=O)N1CCC(CNC(=O)CSCc2ccccc2)CC1. The second-order valence-corrected chi connectivity index (χ2v) is 6.67. The maximum Gasteiger partial charge on any atom is 0.409 e. The summed E-state index contributed by atoms with van der Waals surface area (Å²) in [6.45, 7) is 2.10. The van der Waals surface area contributed by atoms with Crippen molar-refractivity contribution in [3.05, 3.63) is 35.9 Å². The summed E-state index contributed by atoms with van der Waals surface area (Å²) in [7, 11) is 1.40. The molecule has 0 radical (unpaired) electrons. The number of hydrogen-bond acceptors (Lipinski definition) is 4. The Morgan fingerprint density at radius 3 is 2.61 bits per heavy atom. The van der Waals surface area contributed by atoms with Gasteiger partial charge >= 0.3 is 6.09 Å². The van der Waals surface area contributed by atoms with Crippen molar-refractivity contribution < 1.29 is 14.3 Å². The van der Waals surface area contributed by atoms with Gasteiger partial charge in [0.25, 0.3) is 0 Å². The molecule has 0 aromatic heterocycles. The number of piperidine rings is 1. The third kappa shape index (κ3) is 6.14. The van der Waals surface area contributed by atoms with Gasteiger partial charge < -0.3 is 15.0 Å². The third-order valence-electron chi connectivity index (χ3n) is 3.98. The number of carbonyl (C=O) groups excluding carboxylic acids is 2. The van der Waals surface area contributed by atoms with Crippen molar-refractivity contribution in [2.24, 2.45) is 5.92 Å². The van der Waals surface area contributed by atoms with E-state index in [1.54, 1.807) is 16.7 Å². The zero-order chi connectivity index (χ0) is 16.5. The van der Waals surface area contributed by atoms with Crippen molar-refractivity contribution in [3.8, 4) is 0 Å². The Labute approximate surface area is 141 Å². The lowest BCUT2D eigenvalue weighted by Crippen LogP contribution is -2.41. The molecule has 1 heterocycles. The molecule has 1 fully saturated rings. The lowest BCUT2D eigenvalue weighted by Gasteiger charge is -2.30. The lowest BCUT2D eigenvalue weighted by molar-refractivity contribution is -0.118. The summed E-state index contributed by atoms with van der Waals surface area (Å²) in [5, 5.41) is 3.00. The third-order valence-corrected chi connectivity index (χ3v) is 4.98. The molecule has 0 spiro atoms. The summed E-state index contributed by atoms with van der Waals surface area (Å²) in [6, 6.07) is 10.2. The van der Waals surface area contributed by atoms with E-state index >= 15 is 0 Å². The monoisotopic (exact) mass is 336 g/mol. The van der Waals surface area contributed by atoms with Gasteiger partial charge in [-0.25, -0.2) is 4.79 Å². The van der Waals surface area contributed by atoms with Crippen LogP contribution in [0.25, 0.3) is 0 Å². The molecule has 0 atom stereocenters. The molecule has 1 aromatic rings. The molecule has 0 aliphatic carbocycles. The minimum atomic E-state index is -0.259.